The minimum Gasteiger partial charge on any atom is -0.396 e. The Labute approximate surface area is 151 Å². The van der Waals surface area contributed by atoms with Crippen LogP contribution in [0.3, 0.4) is 0 Å². The summed E-state index contributed by atoms with van der Waals surface area (Å²) in [6.45, 7) is 2.09. The van der Waals surface area contributed by atoms with E-state index in [0.29, 0.717) is 17.0 Å². The molecule has 3 aromatic rings. The first-order valence-corrected chi connectivity index (χ1v) is 8.23. The fourth-order valence-electron chi connectivity index (χ4n) is 2.83. The first-order chi connectivity index (χ1) is 12.5. The van der Waals surface area contributed by atoms with Gasteiger partial charge in [0.15, 0.2) is 5.96 Å². The number of rotatable bonds is 4. The van der Waals surface area contributed by atoms with Crippen molar-refractivity contribution in [2.45, 2.75) is 13.3 Å². The molecule has 132 valence electrons. The molecule has 0 radical (unpaired) electrons. The van der Waals surface area contributed by atoms with Crippen LogP contribution in [0.15, 0.2) is 59.7 Å². The highest BCUT2D eigenvalue weighted by atomic mass is 19.1. The van der Waals surface area contributed by atoms with Crippen molar-refractivity contribution in [1.82, 2.24) is 4.98 Å². The summed E-state index contributed by atoms with van der Waals surface area (Å²) in [6.07, 6.45) is 2.67. The van der Waals surface area contributed by atoms with Gasteiger partial charge in [0.05, 0.1) is 16.9 Å². The zero-order chi connectivity index (χ0) is 18.7. The number of halogens is 1. The lowest BCUT2D eigenvalue weighted by molar-refractivity contribution is 0.627. The molecule has 2 aromatic carbocycles. The number of aliphatic imine (C=N–C) groups is 1. The molecule has 26 heavy (non-hydrogen) atoms. The summed E-state index contributed by atoms with van der Waals surface area (Å²) in [5, 5.41) is 1.03. The van der Waals surface area contributed by atoms with E-state index in [4.69, 9.17) is 17.2 Å². The summed E-state index contributed by atoms with van der Waals surface area (Å²) in [6, 6.07) is 13.6. The van der Waals surface area contributed by atoms with Gasteiger partial charge < -0.3 is 17.2 Å². The van der Waals surface area contributed by atoms with Crippen molar-refractivity contribution in [1.29, 1.82) is 0 Å². The summed E-state index contributed by atoms with van der Waals surface area (Å²) in [5.74, 6) is -0.468. The van der Waals surface area contributed by atoms with Gasteiger partial charge in [-0.2, -0.15) is 0 Å². The molecule has 6 heteroatoms. The summed E-state index contributed by atoms with van der Waals surface area (Å²) in [4.78, 5) is 8.55. The van der Waals surface area contributed by atoms with Gasteiger partial charge in [-0.25, -0.2) is 9.38 Å². The number of pyridine rings is 1. The van der Waals surface area contributed by atoms with Crippen molar-refractivity contribution in [3.05, 3.63) is 77.2 Å². The van der Waals surface area contributed by atoms with Crippen LogP contribution in [0, 0.1) is 5.82 Å². The molecule has 0 aliphatic carbocycles. The highest BCUT2D eigenvalue weighted by molar-refractivity contribution is 5.96. The number of hydrogen-bond donors (Lipinski definition) is 3. The standard InChI is InChI=1S/C20H20FN5/c1-2-12-9-10-25-17-8-5-14(11-16(12)17)18(22)19(26-20(23)24)13-3-6-15(21)7-4-13/h3-11H,2,22H2,1H3,(H4,23,24,26)/b19-18-. The van der Waals surface area contributed by atoms with Crippen LogP contribution < -0.4 is 17.2 Å². The molecule has 0 amide bonds. The molecule has 0 aliphatic heterocycles. The quantitative estimate of drug-likeness (QED) is 0.383. The number of hydrogen-bond acceptors (Lipinski definition) is 3. The summed E-state index contributed by atoms with van der Waals surface area (Å²) < 4.78 is 13.3. The van der Waals surface area contributed by atoms with E-state index in [1.165, 1.54) is 17.7 Å². The average Bonchev–Trinajstić information content (AvgIpc) is 2.65. The monoisotopic (exact) mass is 349 g/mol. The molecule has 0 saturated heterocycles. The molecule has 0 unspecified atom stereocenters. The molecule has 3 rings (SSSR count). The van der Waals surface area contributed by atoms with Gasteiger partial charge in [-0.3, -0.25) is 4.98 Å². The van der Waals surface area contributed by atoms with Crippen molar-refractivity contribution in [2.75, 3.05) is 0 Å². The van der Waals surface area contributed by atoms with Crippen molar-refractivity contribution in [3.8, 4) is 0 Å². The second kappa shape index (κ2) is 7.23. The number of benzene rings is 2. The lowest BCUT2D eigenvalue weighted by Crippen LogP contribution is -2.23. The van der Waals surface area contributed by atoms with Crippen molar-refractivity contribution in [3.63, 3.8) is 0 Å². The van der Waals surface area contributed by atoms with E-state index in [0.717, 1.165) is 22.9 Å². The molecule has 0 bridgehead atoms. The maximum absolute atomic E-state index is 13.3. The van der Waals surface area contributed by atoms with E-state index in [9.17, 15) is 4.39 Å². The lowest BCUT2D eigenvalue weighted by atomic mass is 10.0. The zero-order valence-electron chi connectivity index (χ0n) is 14.4. The molecule has 1 aromatic heterocycles. The Morgan fingerprint density at radius 1 is 1.00 bits per heavy atom. The molecular weight excluding hydrogens is 329 g/mol. The van der Waals surface area contributed by atoms with Crippen LogP contribution >= 0.6 is 0 Å². The molecule has 0 atom stereocenters. The van der Waals surface area contributed by atoms with E-state index in [2.05, 4.69) is 16.9 Å². The second-order valence-electron chi connectivity index (χ2n) is 5.86. The molecule has 5 nitrogen and oxygen atoms in total. The number of fused-ring (bicyclic) bond motifs is 1. The van der Waals surface area contributed by atoms with Crippen molar-refractivity contribution < 1.29 is 4.39 Å². The third kappa shape index (κ3) is 3.49. The fourth-order valence-corrected chi connectivity index (χ4v) is 2.83. The van der Waals surface area contributed by atoms with Gasteiger partial charge in [0.25, 0.3) is 0 Å². The number of nitrogens with zero attached hydrogens (tertiary/aromatic N) is 2. The van der Waals surface area contributed by atoms with Gasteiger partial charge in [0.2, 0.25) is 0 Å². The molecule has 0 fully saturated rings. The maximum Gasteiger partial charge on any atom is 0.191 e. The third-order valence-corrected chi connectivity index (χ3v) is 4.14. The van der Waals surface area contributed by atoms with E-state index >= 15 is 0 Å². The number of guanidine groups is 1. The Morgan fingerprint density at radius 3 is 2.35 bits per heavy atom. The van der Waals surface area contributed by atoms with Crippen LogP contribution in [0.1, 0.15) is 23.6 Å². The van der Waals surface area contributed by atoms with Crippen molar-refractivity contribution >= 4 is 28.3 Å². The van der Waals surface area contributed by atoms with E-state index in [1.807, 2.05) is 24.3 Å². The van der Waals surface area contributed by atoms with Crippen LogP contribution in [-0.2, 0) is 6.42 Å². The molecule has 0 spiro atoms. The van der Waals surface area contributed by atoms with Crippen molar-refractivity contribution in [2.24, 2.45) is 22.2 Å². The van der Waals surface area contributed by atoms with Crippen LogP contribution in [0.2, 0.25) is 0 Å². The average molecular weight is 349 g/mol. The largest absolute Gasteiger partial charge is 0.396 e. The van der Waals surface area contributed by atoms with Gasteiger partial charge in [-0.15, -0.1) is 0 Å². The summed E-state index contributed by atoms with van der Waals surface area (Å²) >= 11 is 0. The molecular formula is C20H20FN5. The Balaban J connectivity index is 2.21. The molecule has 0 saturated carbocycles. The van der Waals surface area contributed by atoms with Crippen LogP contribution in [0.5, 0.6) is 0 Å². The Bertz CT molecular complexity index is 1000. The second-order valence-corrected chi connectivity index (χ2v) is 5.86. The number of aryl methyl sites for hydroxylation is 1. The predicted molar refractivity (Wildman–Crippen MR) is 104 cm³/mol. The van der Waals surface area contributed by atoms with Gasteiger partial charge in [0, 0.05) is 22.7 Å². The van der Waals surface area contributed by atoms with E-state index in [-0.39, 0.29) is 11.8 Å². The minimum atomic E-state index is -0.347. The molecule has 1 heterocycles. The van der Waals surface area contributed by atoms with Gasteiger partial charge in [-0.1, -0.05) is 13.0 Å². The minimum absolute atomic E-state index is 0.121. The number of aromatic nitrogens is 1. The van der Waals surface area contributed by atoms with E-state index in [1.54, 1.807) is 18.3 Å². The highest BCUT2D eigenvalue weighted by Gasteiger charge is 2.11. The number of nitrogens with two attached hydrogens (primary N) is 3. The van der Waals surface area contributed by atoms with Crippen LogP contribution in [-0.4, -0.2) is 10.9 Å². The first-order valence-electron chi connectivity index (χ1n) is 8.23. The maximum atomic E-state index is 13.3. The fraction of sp³-hybridized carbons (Fsp3) is 0.100. The third-order valence-electron chi connectivity index (χ3n) is 4.14. The lowest BCUT2D eigenvalue weighted by Gasteiger charge is -2.11. The SMILES string of the molecule is CCc1ccnc2ccc(/C(N)=C(/N=C(N)N)c3ccc(F)cc3)cc12. The Morgan fingerprint density at radius 2 is 1.69 bits per heavy atom. The van der Waals surface area contributed by atoms with Gasteiger partial charge in [0.1, 0.15) is 5.82 Å². The Hall–Kier alpha value is -3.41. The smallest absolute Gasteiger partial charge is 0.191 e. The topological polar surface area (TPSA) is 103 Å². The molecule has 0 aliphatic rings. The van der Waals surface area contributed by atoms with Crippen LogP contribution in [0.4, 0.5) is 4.39 Å². The summed E-state index contributed by atoms with van der Waals surface area (Å²) in [5.41, 5.74) is 21.8. The predicted octanol–water partition coefficient (Wildman–Crippen LogP) is 2.99. The van der Waals surface area contributed by atoms with Gasteiger partial charge in [-0.05, 0) is 54.4 Å². The van der Waals surface area contributed by atoms with E-state index < -0.39 is 0 Å². The Kier molecular flexibility index (Phi) is 4.84. The highest BCUT2D eigenvalue weighted by Crippen LogP contribution is 2.27. The van der Waals surface area contributed by atoms with Crippen LogP contribution in [0.25, 0.3) is 22.3 Å². The molecule has 6 N–H and O–H groups in total. The normalized spacial score (nSPS) is 11.9. The first kappa shape index (κ1) is 17.4. The zero-order valence-corrected chi connectivity index (χ0v) is 14.4. The van der Waals surface area contributed by atoms with Gasteiger partial charge >= 0.3 is 0 Å². The summed E-state index contributed by atoms with van der Waals surface area (Å²) in [7, 11) is 0.